The number of hydrogen-bond acceptors (Lipinski definition) is 3. The number of likely N-dealkylation sites (tertiary alicyclic amines) is 1. The van der Waals surface area contributed by atoms with Crippen molar-refractivity contribution in [2.24, 2.45) is 5.92 Å². The molecule has 1 aromatic heterocycles. The quantitative estimate of drug-likeness (QED) is 0.887. The number of pyridine rings is 1. The van der Waals surface area contributed by atoms with Crippen LogP contribution >= 0.6 is 0 Å². The van der Waals surface area contributed by atoms with E-state index in [1.165, 1.54) is 6.20 Å². The van der Waals surface area contributed by atoms with Crippen LogP contribution in [-0.4, -0.2) is 29.1 Å². The third kappa shape index (κ3) is 3.35. The number of aromatic nitrogens is 1. The van der Waals surface area contributed by atoms with Gasteiger partial charge in [-0.2, -0.15) is 13.2 Å². The second-order valence-corrected chi connectivity index (χ2v) is 4.70. The average Bonchev–Trinajstić information content (AvgIpc) is 2.31. The molecule has 0 aliphatic carbocycles. The minimum absolute atomic E-state index is 0.0650. The first-order valence-electron chi connectivity index (χ1n) is 5.94. The molecule has 0 saturated carbocycles. The summed E-state index contributed by atoms with van der Waals surface area (Å²) >= 11 is 0. The molecule has 1 unspecified atom stereocenters. The number of anilines is 1. The van der Waals surface area contributed by atoms with Crippen molar-refractivity contribution in [1.29, 1.82) is 0 Å². The van der Waals surface area contributed by atoms with Gasteiger partial charge in [-0.1, -0.05) is 0 Å². The van der Waals surface area contributed by atoms with Crippen LogP contribution in [0.3, 0.4) is 0 Å². The Morgan fingerprint density at radius 3 is 2.78 bits per heavy atom. The van der Waals surface area contributed by atoms with Gasteiger partial charge in [0.05, 0.1) is 23.5 Å². The van der Waals surface area contributed by atoms with E-state index in [1.54, 1.807) is 17.0 Å². The summed E-state index contributed by atoms with van der Waals surface area (Å²) in [5.74, 6) is -1.21. The fourth-order valence-electron chi connectivity index (χ4n) is 2.22. The summed E-state index contributed by atoms with van der Waals surface area (Å²) in [6.07, 6.45) is -1.75. The van der Waals surface area contributed by atoms with E-state index in [0.29, 0.717) is 25.2 Å². The van der Waals surface area contributed by atoms with Crippen LogP contribution in [0.25, 0.3) is 0 Å². The lowest BCUT2D eigenvalue weighted by Crippen LogP contribution is -2.41. The van der Waals surface area contributed by atoms with Crippen LogP contribution in [0.2, 0.25) is 0 Å². The van der Waals surface area contributed by atoms with E-state index >= 15 is 0 Å². The van der Waals surface area contributed by atoms with Crippen molar-refractivity contribution in [2.45, 2.75) is 25.6 Å². The molecule has 2 heterocycles. The van der Waals surface area contributed by atoms with Gasteiger partial charge in [-0.25, -0.2) is 0 Å². The van der Waals surface area contributed by atoms with Gasteiger partial charge in [0.25, 0.3) is 0 Å². The number of nitrogen functional groups attached to an aromatic ring is 1. The summed E-state index contributed by atoms with van der Waals surface area (Å²) in [5.41, 5.74) is 6.83. The van der Waals surface area contributed by atoms with Crippen LogP contribution < -0.4 is 5.73 Å². The summed E-state index contributed by atoms with van der Waals surface area (Å²) in [4.78, 5) is 5.92. The molecule has 1 aliphatic heterocycles. The average molecular weight is 259 g/mol. The highest BCUT2D eigenvalue weighted by Gasteiger charge is 2.41. The van der Waals surface area contributed by atoms with Gasteiger partial charge in [0, 0.05) is 13.1 Å². The lowest BCUT2D eigenvalue weighted by Gasteiger charge is -2.33. The number of nitrogens with two attached hydrogens (primary N) is 1. The van der Waals surface area contributed by atoms with E-state index in [9.17, 15) is 13.2 Å². The van der Waals surface area contributed by atoms with Crippen LogP contribution in [0, 0.1) is 5.92 Å². The molecule has 18 heavy (non-hydrogen) atoms. The van der Waals surface area contributed by atoms with Crippen LogP contribution in [0.1, 0.15) is 18.5 Å². The van der Waals surface area contributed by atoms with Crippen LogP contribution in [0.15, 0.2) is 18.3 Å². The van der Waals surface area contributed by atoms with E-state index in [2.05, 4.69) is 4.98 Å². The van der Waals surface area contributed by atoms with Gasteiger partial charge >= 0.3 is 6.18 Å². The summed E-state index contributed by atoms with van der Waals surface area (Å²) in [5, 5.41) is 0. The Morgan fingerprint density at radius 1 is 1.39 bits per heavy atom. The first-order chi connectivity index (χ1) is 8.45. The van der Waals surface area contributed by atoms with E-state index in [0.717, 1.165) is 5.69 Å². The van der Waals surface area contributed by atoms with Crippen molar-refractivity contribution in [3.05, 3.63) is 24.0 Å². The normalized spacial score (nSPS) is 22.1. The molecular formula is C12H16F3N3. The van der Waals surface area contributed by atoms with E-state index in [4.69, 9.17) is 5.73 Å². The number of halogens is 3. The number of rotatable bonds is 2. The van der Waals surface area contributed by atoms with Crippen molar-refractivity contribution in [3.63, 3.8) is 0 Å². The maximum absolute atomic E-state index is 12.6. The zero-order valence-corrected chi connectivity index (χ0v) is 9.95. The molecule has 1 fully saturated rings. The Hall–Kier alpha value is -1.30. The largest absolute Gasteiger partial charge is 0.397 e. The van der Waals surface area contributed by atoms with Crippen molar-refractivity contribution in [3.8, 4) is 0 Å². The van der Waals surface area contributed by atoms with E-state index in [1.807, 2.05) is 0 Å². The van der Waals surface area contributed by atoms with Crippen LogP contribution in [-0.2, 0) is 6.54 Å². The molecule has 6 heteroatoms. The minimum Gasteiger partial charge on any atom is -0.397 e. The van der Waals surface area contributed by atoms with Gasteiger partial charge in [0.1, 0.15) is 0 Å². The van der Waals surface area contributed by atoms with Crippen LogP contribution in [0.4, 0.5) is 18.9 Å². The molecule has 1 aromatic rings. The van der Waals surface area contributed by atoms with Crippen molar-refractivity contribution in [1.82, 2.24) is 9.88 Å². The Bertz CT molecular complexity index is 389. The smallest absolute Gasteiger partial charge is 0.393 e. The monoisotopic (exact) mass is 259 g/mol. The molecular weight excluding hydrogens is 243 g/mol. The highest BCUT2D eigenvalue weighted by molar-refractivity contribution is 5.34. The highest BCUT2D eigenvalue weighted by atomic mass is 19.4. The molecule has 1 aliphatic rings. The van der Waals surface area contributed by atoms with Crippen LogP contribution in [0.5, 0.6) is 0 Å². The minimum atomic E-state index is -4.09. The second-order valence-electron chi connectivity index (χ2n) is 4.70. The Morgan fingerprint density at radius 2 is 2.17 bits per heavy atom. The standard InChI is InChI=1S/C12H16F3N3/c13-12(14,15)9-2-1-5-18(7-9)8-11-4-3-10(16)6-17-11/h3-4,6,9H,1-2,5,7-8,16H2. The summed E-state index contributed by atoms with van der Waals surface area (Å²) in [7, 11) is 0. The Labute approximate surface area is 104 Å². The molecule has 3 nitrogen and oxygen atoms in total. The molecule has 0 spiro atoms. The Balaban J connectivity index is 1.95. The number of piperidine rings is 1. The third-order valence-electron chi connectivity index (χ3n) is 3.20. The molecule has 0 amide bonds. The Kier molecular flexibility index (Phi) is 3.75. The SMILES string of the molecule is Nc1ccc(CN2CCCC(C(F)(F)F)C2)nc1. The van der Waals surface area contributed by atoms with Gasteiger partial charge in [0.2, 0.25) is 0 Å². The fraction of sp³-hybridized carbons (Fsp3) is 0.583. The maximum Gasteiger partial charge on any atom is 0.393 e. The lowest BCUT2D eigenvalue weighted by atomic mass is 9.97. The predicted octanol–water partition coefficient (Wildman–Crippen LogP) is 2.44. The van der Waals surface area contributed by atoms with E-state index in [-0.39, 0.29) is 13.0 Å². The van der Waals surface area contributed by atoms with Gasteiger partial charge in [-0.05, 0) is 31.5 Å². The second kappa shape index (κ2) is 5.14. The van der Waals surface area contributed by atoms with Gasteiger partial charge in [-0.3, -0.25) is 9.88 Å². The number of hydrogen-bond donors (Lipinski definition) is 1. The third-order valence-corrected chi connectivity index (χ3v) is 3.20. The molecule has 1 atom stereocenters. The highest BCUT2D eigenvalue weighted by Crippen LogP contribution is 2.33. The van der Waals surface area contributed by atoms with Gasteiger partial charge in [-0.15, -0.1) is 0 Å². The molecule has 2 rings (SSSR count). The van der Waals surface area contributed by atoms with Crippen molar-refractivity contribution >= 4 is 5.69 Å². The zero-order valence-electron chi connectivity index (χ0n) is 9.95. The fourth-order valence-corrected chi connectivity index (χ4v) is 2.22. The molecule has 100 valence electrons. The summed E-state index contributed by atoms with van der Waals surface area (Å²) in [6.45, 7) is 1.21. The lowest BCUT2D eigenvalue weighted by molar-refractivity contribution is -0.187. The van der Waals surface area contributed by atoms with Crippen molar-refractivity contribution < 1.29 is 13.2 Å². The maximum atomic E-state index is 12.6. The zero-order chi connectivity index (χ0) is 13.2. The number of nitrogens with zero attached hydrogens (tertiary/aromatic N) is 2. The van der Waals surface area contributed by atoms with Crippen molar-refractivity contribution in [2.75, 3.05) is 18.8 Å². The first kappa shape index (κ1) is 13.1. The molecule has 1 saturated heterocycles. The molecule has 0 radical (unpaired) electrons. The summed E-state index contributed by atoms with van der Waals surface area (Å²) in [6, 6.07) is 3.47. The number of alkyl halides is 3. The molecule has 2 N–H and O–H groups in total. The van der Waals surface area contributed by atoms with Gasteiger partial charge < -0.3 is 5.73 Å². The topological polar surface area (TPSA) is 42.1 Å². The summed E-state index contributed by atoms with van der Waals surface area (Å²) < 4.78 is 37.9. The first-order valence-corrected chi connectivity index (χ1v) is 5.94. The molecule has 0 bridgehead atoms. The molecule has 0 aromatic carbocycles. The predicted molar refractivity (Wildman–Crippen MR) is 62.7 cm³/mol. The van der Waals surface area contributed by atoms with E-state index < -0.39 is 12.1 Å². The van der Waals surface area contributed by atoms with Gasteiger partial charge in [0.15, 0.2) is 0 Å².